The quantitative estimate of drug-likeness (QED) is 0.636. The molecule has 0 aromatic carbocycles. The number of halogens is 2. The molecule has 1 atom stereocenters. The predicted molar refractivity (Wildman–Crippen MR) is 77.9 cm³/mol. The fraction of sp³-hybridized carbons (Fsp3) is 0.182. The summed E-state index contributed by atoms with van der Waals surface area (Å²) in [5.74, 6) is 5.65. The fourth-order valence-electron chi connectivity index (χ4n) is 1.65. The number of hydrogen-bond donors (Lipinski definition) is 2. The van der Waals surface area contributed by atoms with Gasteiger partial charge in [0.2, 0.25) is 0 Å². The van der Waals surface area contributed by atoms with Crippen LogP contribution >= 0.6 is 43.2 Å². The predicted octanol–water partition coefficient (Wildman–Crippen LogP) is 3.53. The molecular weight excluding hydrogens is 366 g/mol. The van der Waals surface area contributed by atoms with Gasteiger partial charge in [0.15, 0.2) is 0 Å². The second kappa shape index (κ2) is 5.58. The van der Waals surface area contributed by atoms with Crippen molar-refractivity contribution in [3.05, 3.63) is 48.8 Å². The Morgan fingerprint density at radius 3 is 2.76 bits per heavy atom. The minimum Gasteiger partial charge on any atom is -0.271 e. The SMILES string of the molecule is Cc1sccc1C(NN)c1ncc(Br)cc1Br. The molecule has 0 saturated carbocycles. The summed E-state index contributed by atoms with van der Waals surface area (Å²) in [6.07, 6.45) is 1.77. The molecule has 0 aliphatic carbocycles. The maximum atomic E-state index is 5.65. The van der Waals surface area contributed by atoms with Crippen molar-refractivity contribution in [3.63, 3.8) is 0 Å². The highest BCUT2D eigenvalue weighted by molar-refractivity contribution is 9.11. The van der Waals surface area contributed by atoms with Gasteiger partial charge in [0.25, 0.3) is 0 Å². The number of nitrogens with zero attached hydrogens (tertiary/aromatic N) is 1. The molecule has 1 unspecified atom stereocenters. The minimum atomic E-state index is -0.0938. The summed E-state index contributed by atoms with van der Waals surface area (Å²) in [5.41, 5.74) is 4.87. The van der Waals surface area contributed by atoms with E-state index in [1.807, 2.05) is 6.07 Å². The van der Waals surface area contributed by atoms with Gasteiger partial charge in [0, 0.05) is 20.0 Å². The molecule has 0 amide bonds. The number of rotatable bonds is 3. The van der Waals surface area contributed by atoms with Crippen molar-refractivity contribution in [1.82, 2.24) is 10.4 Å². The zero-order valence-corrected chi connectivity index (χ0v) is 13.1. The van der Waals surface area contributed by atoms with Crippen LogP contribution in [0, 0.1) is 6.92 Å². The molecule has 0 bridgehead atoms. The van der Waals surface area contributed by atoms with Crippen LogP contribution in [0.25, 0.3) is 0 Å². The van der Waals surface area contributed by atoms with Crippen LogP contribution in [-0.4, -0.2) is 4.98 Å². The number of hydrazine groups is 1. The van der Waals surface area contributed by atoms with Gasteiger partial charge in [-0.2, -0.15) is 0 Å². The van der Waals surface area contributed by atoms with E-state index in [1.165, 1.54) is 4.88 Å². The maximum absolute atomic E-state index is 5.65. The highest BCUT2D eigenvalue weighted by Gasteiger charge is 2.19. The number of pyridine rings is 1. The molecule has 0 aliphatic rings. The van der Waals surface area contributed by atoms with E-state index in [0.717, 1.165) is 20.2 Å². The van der Waals surface area contributed by atoms with Crippen LogP contribution in [0.3, 0.4) is 0 Å². The average molecular weight is 377 g/mol. The van der Waals surface area contributed by atoms with Gasteiger partial charge in [-0.15, -0.1) is 11.3 Å². The van der Waals surface area contributed by atoms with E-state index in [4.69, 9.17) is 5.84 Å². The molecule has 2 rings (SSSR count). The van der Waals surface area contributed by atoms with Crippen molar-refractivity contribution in [2.24, 2.45) is 5.84 Å². The first kappa shape index (κ1) is 13.2. The van der Waals surface area contributed by atoms with Crippen LogP contribution in [-0.2, 0) is 0 Å². The lowest BCUT2D eigenvalue weighted by Crippen LogP contribution is -2.29. The van der Waals surface area contributed by atoms with Crippen LogP contribution in [0.1, 0.15) is 22.2 Å². The Hall–Kier alpha value is -0.270. The number of thiophene rings is 1. The first-order valence-electron chi connectivity index (χ1n) is 4.94. The van der Waals surface area contributed by atoms with E-state index in [0.29, 0.717) is 0 Å². The zero-order valence-electron chi connectivity index (χ0n) is 9.08. The number of aryl methyl sites for hydroxylation is 1. The smallest absolute Gasteiger partial charge is 0.0903 e. The second-order valence-corrected chi connectivity index (χ2v) is 6.44. The summed E-state index contributed by atoms with van der Waals surface area (Å²) in [6, 6.07) is 3.94. The summed E-state index contributed by atoms with van der Waals surface area (Å²) in [7, 11) is 0. The Labute approximate surface area is 121 Å². The Kier molecular flexibility index (Phi) is 4.32. The van der Waals surface area contributed by atoms with Crippen molar-refractivity contribution >= 4 is 43.2 Å². The Balaban J connectivity index is 2.46. The molecule has 17 heavy (non-hydrogen) atoms. The van der Waals surface area contributed by atoms with Crippen LogP contribution in [0.2, 0.25) is 0 Å². The Bertz CT molecular complexity index is 527. The molecule has 0 saturated heterocycles. The molecule has 2 aromatic rings. The minimum absolute atomic E-state index is 0.0938. The van der Waals surface area contributed by atoms with Crippen LogP contribution in [0.4, 0.5) is 0 Å². The highest BCUT2D eigenvalue weighted by atomic mass is 79.9. The van der Waals surface area contributed by atoms with E-state index in [2.05, 4.69) is 60.6 Å². The van der Waals surface area contributed by atoms with Crippen molar-refractivity contribution in [2.45, 2.75) is 13.0 Å². The molecular formula is C11H11Br2N3S. The molecule has 3 nitrogen and oxygen atoms in total. The van der Waals surface area contributed by atoms with Crippen LogP contribution in [0.15, 0.2) is 32.7 Å². The molecule has 90 valence electrons. The van der Waals surface area contributed by atoms with Gasteiger partial charge in [-0.3, -0.25) is 10.8 Å². The normalized spacial score (nSPS) is 12.7. The number of hydrogen-bond acceptors (Lipinski definition) is 4. The monoisotopic (exact) mass is 375 g/mol. The first-order valence-corrected chi connectivity index (χ1v) is 7.41. The summed E-state index contributed by atoms with van der Waals surface area (Å²) >= 11 is 8.61. The largest absolute Gasteiger partial charge is 0.271 e. The fourth-order valence-corrected chi connectivity index (χ4v) is 3.61. The third-order valence-electron chi connectivity index (χ3n) is 2.49. The molecule has 2 aromatic heterocycles. The molecule has 0 fully saturated rings. The third-order valence-corrected chi connectivity index (χ3v) is 4.42. The van der Waals surface area contributed by atoms with Crippen LogP contribution in [0.5, 0.6) is 0 Å². The molecule has 3 N–H and O–H groups in total. The number of nitrogens with one attached hydrogen (secondary N) is 1. The summed E-state index contributed by atoms with van der Waals surface area (Å²) in [5, 5.41) is 2.06. The standard InChI is InChI=1S/C11H11Br2N3S/c1-6-8(2-3-17-6)10(16-14)11-9(13)4-7(12)5-15-11/h2-5,10,16H,14H2,1H3. The lowest BCUT2D eigenvalue weighted by atomic mass is 10.1. The van der Waals surface area contributed by atoms with E-state index in [-0.39, 0.29) is 6.04 Å². The third kappa shape index (κ3) is 2.77. The van der Waals surface area contributed by atoms with Gasteiger partial charge in [-0.05, 0) is 61.9 Å². The molecule has 2 heterocycles. The Morgan fingerprint density at radius 1 is 1.47 bits per heavy atom. The van der Waals surface area contributed by atoms with Gasteiger partial charge in [-0.1, -0.05) is 0 Å². The van der Waals surface area contributed by atoms with Gasteiger partial charge in [0.1, 0.15) is 0 Å². The van der Waals surface area contributed by atoms with Crippen molar-refractivity contribution in [2.75, 3.05) is 0 Å². The highest BCUT2D eigenvalue weighted by Crippen LogP contribution is 2.31. The maximum Gasteiger partial charge on any atom is 0.0903 e. The van der Waals surface area contributed by atoms with E-state index < -0.39 is 0 Å². The van der Waals surface area contributed by atoms with Gasteiger partial charge < -0.3 is 0 Å². The van der Waals surface area contributed by atoms with Gasteiger partial charge in [-0.25, -0.2) is 5.43 Å². The molecule has 0 aliphatic heterocycles. The van der Waals surface area contributed by atoms with E-state index >= 15 is 0 Å². The number of nitrogens with two attached hydrogens (primary N) is 1. The summed E-state index contributed by atoms with van der Waals surface area (Å²) < 4.78 is 1.87. The topological polar surface area (TPSA) is 50.9 Å². The average Bonchev–Trinajstić information content (AvgIpc) is 2.69. The van der Waals surface area contributed by atoms with Crippen molar-refractivity contribution in [3.8, 4) is 0 Å². The van der Waals surface area contributed by atoms with Crippen molar-refractivity contribution in [1.29, 1.82) is 0 Å². The van der Waals surface area contributed by atoms with Gasteiger partial charge in [0.05, 0.1) is 11.7 Å². The zero-order chi connectivity index (χ0) is 12.4. The lowest BCUT2D eigenvalue weighted by molar-refractivity contribution is 0.617. The first-order chi connectivity index (χ1) is 8.13. The molecule has 0 radical (unpaired) electrons. The van der Waals surface area contributed by atoms with Crippen molar-refractivity contribution < 1.29 is 0 Å². The number of aromatic nitrogens is 1. The molecule has 6 heteroatoms. The lowest BCUT2D eigenvalue weighted by Gasteiger charge is -2.17. The van der Waals surface area contributed by atoms with Gasteiger partial charge >= 0.3 is 0 Å². The van der Waals surface area contributed by atoms with E-state index in [9.17, 15) is 0 Å². The molecule has 0 spiro atoms. The summed E-state index contributed by atoms with van der Waals surface area (Å²) in [4.78, 5) is 5.65. The van der Waals surface area contributed by atoms with E-state index in [1.54, 1.807) is 17.5 Å². The summed E-state index contributed by atoms with van der Waals surface area (Å²) in [6.45, 7) is 2.08. The Morgan fingerprint density at radius 2 is 2.24 bits per heavy atom. The second-order valence-electron chi connectivity index (χ2n) is 3.55. The van der Waals surface area contributed by atoms with Crippen LogP contribution < -0.4 is 11.3 Å².